The monoisotopic (exact) mass is 349 g/mol. The van der Waals surface area contributed by atoms with Gasteiger partial charge in [-0.05, 0) is 29.3 Å². The van der Waals surface area contributed by atoms with Crippen LogP contribution in [0.15, 0.2) is 84.9 Å². The maximum absolute atomic E-state index is 13.1. The Labute approximate surface area is 156 Å². The van der Waals surface area contributed by atoms with Crippen molar-refractivity contribution >= 4 is 5.78 Å². The van der Waals surface area contributed by atoms with Crippen LogP contribution in [0.25, 0.3) is 33.6 Å². The smallest absolute Gasteiger partial charge is 0.196 e. The molecule has 3 nitrogen and oxygen atoms in total. The largest absolute Gasteiger partial charge is 0.508 e. The molecule has 1 aliphatic carbocycles. The lowest BCUT2D eigenvalue weighted by Gasteiger charge is -2.12. The van der Waals surface area contributed by atoms with E-state index in [1.54, 1.807) is 18.2 Å². The second kappa shape index (κ2) is 5.92. The molecular formula is C24H15NO2. The highest BCUT2D eigenvalue weighted by Gasteiger charge is 2.31. The van der Waals surface area contributed by atoms with Crippen molar-refractivity contribution in [1.82, 2.24) is 4.98 Å². The minimum Gasteiger partial charge on any atom is -0.508 e. The van der Waals surface area contributed by atoms with Gasteiger partial charge in [0.05, 0.1) is 17.0 Å². The minimum atomic E-state index is -0.0222. The van der Waals surface area contributed by atoms with Gasteiger partial charge in [-0.15, -0.1) is 0 Å². The molecule has 1 N–H and O–H groups in total. The van der Waals surface area contributed by atoms with Crippen LogP contribution in [0.5, 0.6) is 5.75 Å². The van der Waals surface area contributed by atoms with Gasteiger partial charge in [-0.2, -0.15) is 0 Å². The lowest BCUT2D eigenvalue weighted by molar-refractivity contribution is 0.104. The lowest BCUT2D eigenvalue weighted by atomic mass is 9.95. The number of ketones is 1. The zero-order valence-electron chi connectivity index (χ0n) is 14.4. The zero-order chi connectivity index (χ0) is 18.4. The van der Waals surface area contributed by atoms with Gasteiger partial charge in [0.15, 0.2) is 5.78 Å². The Morgan fingerprint density at radius 3 is 2.15 bits per heavy atom. The maximum Gasteiger partial charge on any atom is 0.196 e. The Balaban J connectivity index is 1.85. The summed E-state index contributed by atoms with van der Waals surface area (Å²) in [5.41, 5.74) is 6.21. The van der Waals surface area contributed by atoms with Crippen molar-refractivity contribution in [2.45, 2.75) is 0 Å². The molecule has 0 fully saturated rings. The van der Waals surface area contributed by atoms with E-state index in [1.165, 1.54) is 0 Å². The van der Waals surface area contributed by atoms with Gasteiger partial charge in [0.2, 0.25) is 0 Å². The Morgan fingerprint density at radius 2 is 1.37 bits per heavy atom. The number of phenols is 1. The molecule has 1 heterocycles. The van der Waals surface area contributed by atoms with E-state index in [9.17, 15) is 9.90 Å². The molecule has 0 aliphatic heterocycles. The summed E-state index contributed by atoms with van der Waals surface area (Å²) < 4.78 is 0. The third kappa shape index (κ3) is 2.44. The van der Waals surface area contributed by atoms with Gasteiger partial charge in [-0.1, -0.05) is 66.7 Å². The third-order valence-corrected chi connectivity index (χ3v) is 4.90. The molecule has 3 heteroatoms. The summed E-state index contributed by atoms with van der Waals surface area (Å²) in [7, 11) is 0. The number of pyridine rings is 1. The Hall–Kier alpha value is -3.72. The van der Waals surface area contributed by atoms with E-state index in [0.29, 0.717) is 16.8 Å². The van der Waals surface area contributed by atoms with Crippen molar-refractivity contribution in [1.29, 1.82) is 0 Å². The van der Waals surface area contributed by atoms with E-state index in [-0.39, 0.29) is 11.5 Å². The molecule has 0 spiro atoms. The first-order valence-electron chi connectivity index (χ1n) is 8.76. The number of aromatic nitrogens is 1. The number of fused-ring (bicyclic) bond motifs is 3. The maximum atomic E-state index is 13.1. The summed E-state index contributed by atoms with van der Waals surface area (Å²) in [4.78, 5) is 18.0. The first-order chi connectivity index (χ1) is 13.2. The molecule has 3 aromatic carbocycles. The fourth-order valence-electron chi connectivity index (χ4n) is 3.65. The van der Waals surface area contributed by atoms with Gasteiger partial charge < -0.3 is 5.11 Å². The Bertz CT molecular complexity index is 1200. The van der Waals surface area contributed by atoms with Crippen LogP contribution in [0, 0.1) is 0 Å². The molecule has 27 heavy (non-hydrogen) atoms. The lowest BCUT2D eigenvalue weighted by Crippen LogP contribution is -2.00. The summed E-state index contributed by atoms with van der Waals surface area (Å²) in [5.74, 6) is 0.147. The number of carbonyl (C=O) groups excluding carboxylic acids is 1. The summed E-state index contributed by atoms with van der Waals surface area (Å²) in [6.45, 7) is 0. The highest BCUT2D eigenvalue weighted by molar-refractivity contribution is 6.24. The second-order valence-corrected chi connectivity index (χ2v) is 6.57. The molecule has 5 rings (SSSR count). The van der Waals surface area contributed by atoms with E-state index < -0.39 is 0 Å². The number of phenolic OH excluding ortho intramolecular Hbond substituents is 1. The quantitative estimate of drug-likeness (QED) is 0.468. The number of hydrogen-bond donors (Lipinski definition) is 1. The first-order valence-corrected chi connectivity index (χ1v) is 8.76. The molecule has 0 atom stereocenters. The number of nitrogens with zero attached hydrogens (tertiary/aromatic N) is 1. The summed E-state index contributed by atoms with van der Waals surface area (Å²) in [6, 6.07) is 26.4. The van der Waals surface area contributed by atoms with E-state index in [0.717, 1.165) is 27.9 Å². The van der Waals surface area contributed by atoms with Crippen LogP contribution in [0.2, 0.25) is 0 Å². The molecule has 1 aliphatic rings. The molecular weight excluding hydrogens is 334 g/mol. The molecule has 4 aromatic rings. The van der Waals surface area contributed by atoms with Crippen LogP contribution in [0.1, 0.15) is 15.9 Å². The van der Waals surface area contributed by atoms with E-state index in [1.807, 2.05) is 66.7 Å². The Morgan fingerprint density at radius 1 is 0.667 bits per heavy atom. The zero-order valence-corrected chi connectivity index (χ0v) is 14.4. The Kier molecular flexibility index (Phi) is 3.41. The number of rotatable bonds is 2. The van der Waals surface area contributed by atoms with Gasteiger partial charge in [-0.3, -0.25) is 4.79 Å². The summed E-state index contributed by atoms with van der Waals surface area (Å²) in [5, 5.41) is 9.95. The van der Waals surface area contributed by atoms with Crippen molar-refractivity contribution in [3.05, 3.63) is 96.1 Å². The molecule has 0 radical (unpaired) electrons. The number of hydrogen-bond acceptors (Lipinski definition) is 3. The number of benzene rings is 3. The van der Waals surface area contributed by atoms with E-state index >= 15 is 0 Å². The average Bonchev–Trinajstić information content (AvgIpc) is 3.01. The molecule has 0 unspecified atom stereocenters. The van der Waals surface area contributed by atoms with Crippen LogP contribution in [0.4, 0.5) is 0 Å². The van der Waals surface area contributed by atoms with Gasteiger partial charge in [-0.25, -0.2) is 4.98 Å². The van der Waals surface area contributed by atoms with E-state index in [4.69, 9.17) is 4.98 Å². The molecule has 0 saturated carbocycles. The number of aromatic hydroxyl groups is 1. The van der Waals surface area contributed by atoms with Crippen LogP contribution in [0.3, 0.4) is 0 Å². The fourth-order valence-corrected chi connectivity index (χ4v) is 3.65. The first kappa shape index (κ1) is 15.5. The van der Waals surface area contributed by atoms with Crippen LogP contribution in [-0.2, 0) is 0 Å². The summed E-state index contributed by atoms with van der Waals surface area (Å²) >= 11 is 0. The third-order valence-electron chi connectivity index (χ3n) is 4.90. The highest BCUT2D eigenvalue weighted by atomic mass is 16.3. The summed E-state index contributed by atoms with van der Waals surface area (Å²) in [6.07, 6.45) is 0. The SMILES string of the molecule is O=C1c2ccccc2-c2nc(-c3ccccc3)cc(-c3cccc(O)c3)c21. The molecule has 128 valence electrons. The van der Waals surface area contributed by atoms with Crippen LogP contribution in [-0.4, -0.2) is 15.9 Å². The van der Waals surface area contributed by atoms with Gasteiger partial charge >= 0.3 is 0 Å². The van der Waals surface area contributed by atoms with Gasteiger partial charge in [0.1, 0.15) is 5.75 Å². The number of carbonyl (C=O) groups is 1. The predicted molar refractivity (Wildman–Crippen MR) is 106 cm³/mol. The second-order valence-electron chi connectivity index (χ2n) is 6.57. The van der Waals surface area contributed by atoms with Crippen LogP contribution >= 0.6 is 0 Å². The van der Waals surface area contributed by atoms with Crippen molar-refractivity contribution in [2.24, 2.45) is 0 Å². The highest BCUT2D eigenvalue weighted by Crippen LogP contribution is 2.42. The topological polar surface area (TPSA) is 50.2 Å². The molecule has 0 amide bonds. The standard InChI is InChI=1S/C24H15NO2/c26-17-10-6-9-16(13-17)20-14-21(15-7-2-1-3-8-15)25-23-18-11-4-5-12-19(18)24(27)22(20)23/h1-14,26H. The molecule has 0 saturated heterocycles. The van der Waals surface area contributed by atoms with Gasteiger partial charge in [0.25, 0.3) is 0 Å². The normalized spacial score (nSPS) is 11.9. The molecule has 0 bridgehead atoms. The van der Waals surface area contributed by atoms with Crippen molar-refractivity contribution in [3.63, 3.8) is 0 Å². The van der Waals surface area contributed by atoms with Gasteiger partial charge in [0, 0.05) is 16.7 Å². The van der Waals surface area contributed by atoms with Crippen molar-refractivity contribution in [2.75, 3.05) is 0 Å². The van der Waals surface area contributed by atoms with E-state index in [2.05, 4.69) is 0 Å². The minimum absolute atomic E-state index is 0.0222. The predicted octanol–water partition coefficient (Wildman–Crippen LogP) is 5.33. The van der Waals surface area contributed by atoms with Crippen LogP contribution < -0.4 is 0 Å². The van der Waals surface area contributed by atoms with Crippen molar-refractivity contribution in [3.8, 4) is 39.4 Å². The molecule has 1 aromatic heterocycles. The van der Waals surface area contributed by atoms with Crippen molar-refractivity contribution < 1.29 is 9.90 Å². The fraction of sp³-hybridized carbons (Fsp3) is 0. The average molecular weight is 349 g/mol.